The summed E-state index contributed by atoms with van der Waals surface area (Å²) < 4.78 is 0. The molecule has 0 aromatic carbocycles. The maximum Gasteiger partial charge on any atom is 0.115 e. The molecule has 0 radical (unpaired) electrons. The van der Waals surface area contributed by atoms with Gasteiger partial charge in [0.1, 0.15) is 5.72 Å². The van der Waals surface area contributed by atoms with Crippen molar-refractivity contribution < 1.29 is 5.11 Å². The van der Waals surface area contributed by atoms with E-state index < -0.39 is 5.72 Å². The molecule has 0 rings (SSSR count). The van der Waals surface area contributed by atoms with Crippen molar-refractivity contribution in [3.63, 3.8) is 0 Å². The minimum absolute atomic E-state index is 0.215. The fraction of sp³-hybridized carbons (Fsp3) is 0.750. The van der Waals surface area contributed by atoms with Crippen molar-refractivity contribution >= 4 is 6.21 Å². The monoisotopic (exact) mass is 102 g/mol. The van der Waals surface area contributed by atoms with Gasteiger partial charge in [-0.2, -0.15) is 0 Å². The van der Waals surface area contributed by atoms with E-state index in [2.05, 4.69) is 0 Å². The van der Waals surface area contributed by atoms with Crippen LogP contribution in [0.3, 0.4) is 0 Å². The summed E-state index contributed by atoms with van der Waals surface area (Å²) in [6.07, 6.45) is 1.30. The molecule has 0 aliphatic heterocycles. The standard InChI is InChI=1S/C4H10N2O/c1-4(6,7)2-3-5/h3,5,7H,2,6H2,1H3. The van der Waals surface area contributed by atoms with E-state index in [1.54, 1.807) is 0 Å². The molecule has 3 heteroatoms. The largest absolute Gasteiger partial charge is 0.376 e. The number of hydrogen-bond acceptors (Lipinski definition) is 3. The van der Waals surface area contributed by atoms with Gasteiger partial charge in [-0.1, -0.05) is 0 Å². The van der Waals surface area contributed by atoms with Gasteiger partial charge < -0.3 is 16.2 Å². The highest BCUT2D eigenvalue weighted by molar-refractivity contribution is 5.54. The van der Waals surface area contributed by atoms with E-state index in [4.69, 9.17) is 16.2 Å². The first-order valence-corrected chi connectivity index (χ1v) is 2.06. The number of rotatable bonds is 2. The lowest BCUT2D eigenvalue weighted by molar-refractivity contribution is 0.0762. The number of hydrogen-bond donors (Lipinski definition) is 3. The van der Waals surface area contributed by atoms with Crippen LogP contribution in [0.25, 0.3) is 0 Å². The molecular weight excluding hydrogens is 92.1 g/mol. The van der Waals surface area contributed by atoms with E-state index in [1.165, 1.54) is 6.92 Å². The normalized spacial score (nSPS) is 18.1. The van der Waals surface area contributed by atoms with Gasteiger partial charge in [-0.25, -0.2) is 0 Å². The Hall–Kier alpha value is -0.410. The Kier molecular flexibility index (Phi) is 1.92. The first-order chi connectivity index (χ1) is 3.06. The Bertz CT molecular complexity index is 64.6. The van der Waals surface area contributed by atoms with E-state index in [0.29, 0.717) is 0 Å². The molecule has 0 aliphatic rings. The molecule has 0 aromatic rings. The van der Waals surface area contributed by atoms with Gasteiger partial charge in [-0.05, 0) is 13.1 Å². The summed E-state index contributed by atoms with van der Waals surface area (Å²) in [5.41, 5.74) is 3.86. The van der Waals surface area contributed by atoms with Crippen LogP contribution in [0.5, 0.6) is 0 Å². The molecule has 0 fully saturated rings. The first kappa shape index (κ1) is 6.59. The summed E-state index contributed by atoms with van der Waals surface area (Å²) >= 11 is 0. The van der Waals surface area contributed by atoms with Gasteiger partial charge in [0.05, 0.1) is 0 Å². The smallest absolute Gasteiger partial charge is 0.115 e. The van der Waals surface area contributed by atoms with Crippen LogP contribution >= 0.6 is 0 Å². The maximum atomic E-state index is 8.64. The number of nitrogens with one attached hydrogen (secondary N) is 1. The zero-order chi connectivity index (χ0) is 5.91. The minimum atomic E-state index is -1.19. The van der Waals surface area contributed by atoms with Crippen LogP contribution in [0.15, 0.2) is 0 Å². The SMILES string of the molecule is CC(N)(O)CC=N. The Morgan fingerprint density at radius 3 is 2.43 bits per heavy atom. The predicted octanol–water partition coefficient (Wildman–Crippen LogP) is -0.307. The van der Waals surface area contributed by atoms with Crippen molar-refractivity contribution in [2.45, 2.75) is 19.1 Å². The molecular formula is C4H10N2O. The van der Waals surface area contributed by atoms with Crippen molar-refractivity contribution in [3.05, 3.63) is 0 Å². The van der Waals surface area contributed by atoms with Crippen LogP contribution in [0.1, 0.15) is 13.3 Å². The average molecular weight is 102 g/mol. The fourth-order valence-electron chi connectivity index (χ4n) is 0.207. The molecule has 0 aromatic heterocycles. The van der Waals surface area contributed by atoms with Gasteiger partial charge in [-0.15, -0.1) is 0 Å². The zero-order valence-electron chi connectivity index (χ0n) is 4.31. The molecule has 7 heavy (non-hydrogen) atoms. The third kappa shape index (κ3) is 5.59. The van der Waals surface area contributed by atoms with Crippen molar-refractivity contribution in [1.29, 1.82) is 5.41 Å². The highest BCUT2D eigenvalue weighted by Gasteiger charge is 2.08. The number of aliphatic hydroxyl groups is 1. The molecule has 0 saturated carbocycles. The van der Waals surface area contributed by atoms with E-state index in [-0.39, 0.29) is 6.42 Å². The van der Waals surface area contributed by atoms with Gasteiger partial charge in [0.2, 0.25) is 0 Å². The van der Waals surface area contributed by atoms with E-state index in [1.807, 2.05) is 0 Å². The second-order valence-electron chi connectivity index (χ2n) is 1.77. The molecule has 3 nitrogen and oxygen atoms in total. The quantitative estimate of drug-likeness (QED) is 0.330. The first-order valence-electron chi connectivity index (χ1n) is 2.06. The summed E-state index contributed by atoms with van der Waals surface area (Å²) in [4.78, 5) is 0. The third-order valence-corrected chi connectivity index (χ3v) is 0.515. The number of nitrogens with two attached hydrogens (primary N) is 1. The Morgan fingerprint density at radius 2 is 2.43 bits per heavy atom. The summed E-state index contributed by atoms with van der Waals surface area (Å²) in [5.74, 6) is 0. The maximum absolute atomic E-state index is 8.64. The van der Waals surface area contributed by atoms with Gasteiger partial charge in [0.25, 0.3) is 0 Å². The Labute approximate surface area is 42.7 Å². The molecule has 0 amide bonds. The lowest BCUT2D eigenvalue weighted by Crippen LogP contribution is -2.35. The van der Waals surface area contributed by atoms with Crippen LogP contribution in [0.4, 0.5) is 0 Å². The van der Waals surface area contributed by atoms with E-state index in [9.17, 15) is 0 Å². The van der Waals surface area contributed by atoms with Crippen LogP contribution < -0.4 is 5.73 Å². The van der Waals surface area contributed by atoms with Gasteiger partial charge in [-0.3, -0.25) is 0 Å². The molecule has 0 bridgehead atoms. The summed E-state index contributed by atoms with van der Waals surface area (Å²) in [6.45, 7) is 1.46. The van der Waals surface area contributed by atoms with E-state index >= 15 is 0 Å². The van der Waals surface area contributed by atoms with Crippen LogP contribution in [-0.4, -0.2) is 17.0 Å². The lowest BCUT2D eigenvalue weighted by Gasteiger charge is -2.11. The topological polar surface area (TPSA) is 70.1 Å². The van der Waals surface area contributed by atoms with Crippen LogP contribution in [0.2, 0.25) is 0 Å². The van der Waals surface area contributed by atoms with Crippen molar-refractivity contribution in [2.75, 3.05) is 0 Å². The highest BCUT2D eigenvalue weighted by atomic mass is 16.3. The Morgan fingerprint density at radius 1 is 2.00 bits per heavy atom. The minimum Gasteiger partial charge on any atom is -0.376 e. The average Bonchev–Trinajstić information content (AvgIpc) is 1.30. The van der Waals surface area contributed by atoms with E-state index in [0.717, 1.165) is 6.21 Å². The molecule has 0 saturated heterocycles. The third-order valence-electron chi connectivity index (χ3n) is 0.515. The van der Waals surface area contributed by atoms with Gasteiger partial charge in [0, 0.05) is 6.42 Å². The van der Waals surface area contributed by atoms with Crippen molar-refractivity contribution in [1.82, 2.24) is 0 Å². The van der Waals surface area contributed by atoms with Gasteiger partial charge >= 0.3 is 0 Å². The summed E-state index contributed by atoms with van der Waals surface area (Å²) in [5, 5.41) is 15.1. The molecule has 0 spiro atoms. The zero-order valence-corrected chi connectivity index (χ0v) is 4.31. The lowest BCUT2D eigenvalue weighted by atomic mass is 10.2. The fourth-order valence-corrected chi connectivity index (χ4v) is 0.207. The second kappa shape index (κ2) is 2.04. The Balaban J connectivity index is 3.34. The summed E-state index contributed by atoms with van der Waals surface area (Å²) in [6, 6.07) is 0. The molecule has 42 valence electrons. The molecule has 0 aliphatic carbocycles. The van der Waals surface area contributed by atoms with Crippen LogP contribution in [0, 0.1) is 5.41 Å². The molecule has 4 N–H and O–H groups in total. The van der Waals surface area contributed by atoms with Gasteiger partial charge in [0.15, 0.2) is 0 Å². The second-order valence-corrected chi connectivity index (χ2v) is 1.77. The van der Waals surface area contributed by atoms with Crippen molar-refractivity contribution in [3.8, 4) is 0 Å². The molecule has 1 atom stereocenters. The molecule has 0 heterocycles. The summed E-state index contributed by atoms with van der Waals surface area (Å²) in [7, 11) is 0. The molecule has 1 unspecified atom stereocenters. The van der Waals surface area contributed by atoms with Crippen molar-refractivity contribution in [2.24, 2.45) is 5.73 Å². The highest BCUT2D eigenvalue weighted by Crippen LogP contribution is 1.93. The van der Waals surface area contributed by atoms with Crippen LogP contribution in [-0.2, 0) is 0 Å². The predicted molar refractivity (Wildman–Crippen MR) is 28.2 cm³/mol.